The molecule has 0 unspecified atom stereocenters. The molecule has 0 amide bonds. The molecule has 0 aromatic rings. The minimum atomic E-state index is -0.898. The lowest BCUT2D eigenvalue weighted by Gasteiger charge is -2.15. The zero-order valence-electron chi connectivity index (χ0n) is 8.03. The minimum Gasteiger partial charge on any atom is -0.465 e. The number of carbonyl (C=O) groups is 1. The van der Waals surface area contributed by atoms with E-state index in [9.17, 15) is 9.90 Å². The summed E-state index contributed by atoms with van der Waals surface area (Å²) in [5, 5.41) is 9.29. The van der Waals surface area contributed by atoms with Gasteiger partial charge in [-0.3, -0.25) is 4.79 Å². The molecule has 0 saturated heterocycles. The van der Waals surface area contributed by atoms with Gasteiger partial charge in [-0.25, -0.2) is 0 Å². The number of ether oxygens (including phenoxy) is 1. The van der Waals surface area contributed by atoms with Crippen LogP contribution in [0.3, 0.4) is 0 Å². The third-order valence-corrected chi connectivity index (χ3v) is 1.56. The van der Waals surface area contributed by atoms with Gasteiger partial charge in [-0.1, -0.05) is 13.3 Å². The van der Waals surface area contributed by atoms with Gasteiger partial charge in [0.05, 0.1) is 12.7 Å². The van der Waals surface area contributed by atoms with E-state index < -0.39 is 18.1 Å². The summed E-state index contributed by atoms with van der Waals surface area (Å²) < 4.78 is 4.65. The lowest BCUT2D eigenvalue weighted by atomic mass is 10.1. The maximum Gasteiger partial charge on any atom is 0.325 e. The second-order valence-corrected chi connectivity index (χ2v) is 2.63. The van der Waals surface area contributed by atoms with E-state index in [-0.39, 0.29) is 12.4 Å². The zero-order chi connectivity index (χ0) is 9.56. The molecule has 80 valence electrons. The zero-order valence-corrected chi connectivity index (χ0v) is 8.84. The van der Waals surface area contributed by atoms with Crippen LogP contribution in [-0.4, -0.2) is 29.8 Å². The van der Waals surface area contributed by atoms with Crippen LogP contribution in [0.1, 0.15) is 26.7 Å². The van der Waals surface area contributed by atoms with Crippen molar-refractivity contribution < 1.29 is 14.6 Å². The Bertz CT molecular complexity index is 143. The molecule has 0 saturated carbocycles. The van der Waals surface area contributed by atoms with Gasteiger partial charge < -0.3 is 15.6 Å². The van der Waals surface area contributed by atoms with Crippen LogP contribution < -0.4 is 5.73 Å². The van der Waals surface area contributed by atoms with Gasteiger partial charge in [-0.2, -0.15) is 0 Å². The number of nitrogens with two attached hydrogens (primary N) is 1. The average molecular weight is 212 g/mol. The molecule has 0 aromatic heterocycles. The molecule has 0 bridgehead atoms. The van der Waals surface area contributed by atoms with E-state index in [2.05, 4.69) is 4.74 Å². The SMILES string of the molecule is CCC[C@H](O)[C@H](N)C(=O)OCC.Cl. The van der Waals surface area contributed by atoms with Crippen molar-refractivity contribution in [3.63, 3.8) is 0 Å². The van der Waals surface area contributed by atoms with E-state index in [1.54, 1.807) is 6.92 Å². The lowest BCUT2D eigenvalue weighted by Crippen LogP contribution is -2.42. The molecule has 0 aliphatic carbocycles. The number of esters is 1. The topological polar surface area (TPSA) is 72.5 Å². The standard InChI is InChI=1S/C8H17NO3.ClH/c1-3-5-6(10)7(9)8(11)12-4-2;/h6-7,10H,3-5,9H2,1-2H3;1H/t6-,7-;/m0./s1. The number of rotatable bonds is 5. The molecule has 0 rings (SSSR count). The van der Waals surface area contributed by atoms with E-state index >= 15 is 0 Å². The van der Waals surface area contributed by atoms with Crippen molar-refractivity contribution in [2.75, 3.05) is 6.61 Å². The Labute approximate surface area is 84.9 Å². The van der Waals surface area contributed by atoms with E-state index in [0.29, 0.717) is 13.0 Å². The van der Waals surface area contributed by atoms with Crippen molar-refractivity contribution in [3.8, 4) is 0 Å². The molecule has 5 heteroatoms. The van der Waals surface area contributed by atoms with Crippen molar-refractivity contribution in [1.29, 1.82) is 0 Å². The molecule has 0 aliphatic rings. The van der Waals surface area contributed by atoms with Crippen molar-refractivity contribution in [2.24, 2.45) is 5.73 Å². The van der Waals surface area contributed by atoms with Crippen LogP contribution in [0, 0.1) is 0 Å². The summed E-state index contributed by atoms with van der Waals surface area (Å²) in [6, 6.07) is -0.898. The summed E-state index contributed by atoms with van der Waals surface area (Å²) in [6.45, 7) is 3.92. The number of hydrogen-bond acceptors (Lipinski definition) is 4. The third-order valence-electron chi connectivity index (χ3n) is 1.56. The van der Waals surface area contributed by atoms with Crippen LogP contribution in [0.4, 0.5) is 0 Å². The van der Waals surface area contributed by atoms with Crippen molar-refractivity contribution in [2.45, 2.75) is 38.8 Å². The minimum absolute atomic E-state index is 0. The number of aliphatic hydroxyl groups excluding tert-OH is 1. The van der Waals surface area contributed by atoms with Crippen LogP contribution in [0.5, 0.6) is 0 Å². The normalized spacial score (nSPS) is 14.2. The molecule has 2 atom stereocenters. The van der Waals surface area contributed by atoms with Crippen LogP contribution in [0.15, 0.2) is 0 Å². The first-order valence-corrected chi connectivity index (χ1v) is 4.23. The van der Waals surface area contributed by atoms with Crippen molar-refractivity contribution in [3.05, 3.63) is 0 Å². The summed E-state index contributed by atoms with van der Waals surface area (Å²) in [7, 11) is 0. The Morgan fingerprint density at radius 1 is 1.54 bits per heavy atom. The van der Waals surface area contributed by atoms with Crippen molar-refractivity contribution >= 4 is 18.4 Å². The van der Waals surface area contributed by atoms with Gasteiger partial charge in [0.1, 0.15) is 6.04 Å². The summed E-state index contributed by atoms with van der Waals surface area (Å²) >= 11 is 0. The Morgan fingerprint density at radius 3 is 2.46 bits per heavy atom. The summed E-state index contributed by atoms with van der Waals surface area (Å²) in [4.78, 5) is 11.0. The molecule has 0 spiro atoms. The van der Waals surface area contributed by atoms with E-state index in [4.69, 9.17) is 5.73 Å². The Morgan fingerprint density at radius 2 is 2.08 bits per heavy atom. The van der Waals surface area contributed by atoms with Gasteiger partial charge in [0.25, 0.3) is 0 Å². The highest BCUT2D eigenvalue weighted by molar-refractivity contribution is 5.85. The molecule has 3 N–H and O–H groups in total. The van der Waals surface area contributed by atoms with Crippen LogP contribution in [-0.2, 0) is 9.53 Å². The number of hydrogen-bond donors (Lipinski definition) is 2. The fraction of sp³-hybridized carbons (Fsp3) is 0.875. The first kappa shape index (κ1) is 15.2. The van der Waals surface area contributed by atoms with Gasteiger partial charge in [0, 0.05) is 0 Å². The highest BCUT2D eigenvalue weighted by Gasteiger charge is 2.22. The predicted molar refractivity (Wildman–Crippen MR) is 52.8 cm³/mol. The number of halogens is 1. The summed E-state index contributed by atoms with van der Waals surface area (Å²) in [5.74, 6) is -0.529. The fourth-order valence-electron chi connectivity index (χ4n) is 0.871. The fourth-order valence-corrected chi connectivity index (χ4v) is 0.871. The van der Waals surface area contributed by atoms with Gasteiger partial charge >= 0.3 is 5.97 Å². The van der Waals surface area contributed by atoms with Gasteiger partial charge in [-0.15, -0.1) is 12.4 Å². The largest absolute Gasteiger partial charge is 0.465 e. The Balaban J connectivity index is 0. The molecule has 0 radical (unpaired) electrons. The van der Waals surface area contributed by atoms with E-state index in [0.717, 1.165) is 6.42 Å². The summed E-state index contributed by atoms with van der Waals surface area (Å²) in [6.07, 6.45) is 0.544. The molecule has 0 aromatic carbocycles. The molecular weight excluding hydrogens is 194 g/mol. The molecule has 0 fully saturated rings. The van der Waals surface area contributed by atoms with E-state index in [1.807, 2.05) is 6.92 Å². The second-order valence-electron chi connectivity index (χ2n) is 2.63. The van der Waals surface area contributed by atoms with Gasteiger partial charge in [-0.05, 0) is 13.3 Å². The maximum absolute atomic E-state index is 11.0. The van der Waals surface area contributed by atoms with Crippen molar-refractivity contribution in [1.82, 2.24) is 0 Å². The molecule has 0 heterocycles. The first-order valence-electron chi connectivity index (χ1n) is 4.23. The molecule has 4 nitrogen and oxygen atoms in total. The first-order chi connectivity index (χ1) is 5.63. The Hall–Kier alpha value is -0.320. The average Bonchev–Trinajstić information content (AvgIpc) is 2.04. The third kappa shape index (κ3) is 5.85. The summed E-state index contributed by atoms with van der Waals surface area (Å²) in [5.41, 5.74) is 5.41. The Kier molecular flexibility index (Phi) is 9.67. The quantitative estimate of drug-likeness (QED) is 0.648. The van der Waals surface area contributed by atoms with Gasteiger partial charge in [0.15, 0.2) is 0 Å². The van der Waals surface area contributed by atoms with Crippen LogP contribution >= 0.6 is 12.4 Å². The highest BCUT2D eigenvalue weighted by atomic mass is 35.5. The smallest absolute Gasteiger partial charge is 0.325 e. The maximum atomic E-state index is 11.0. The molecular formula is C8H18ClNO3. The highest BCUT2D eigenvalue weighted by Crippen LogP contribution is 2.01. The molecule has 13 heavy (non-hydrogen) atoms. The molecule has 0 aliphatic heterocycles. The second kappa shape index (κ2) is 8.29. The predicted octanol–water partition coefficient (Wildman–Crippen LogP) is 0.460. The monoisotopic (exact) mass is 211 g/mol. The number of carbonyl (C=O) groups excluding carboxylic acids is 1. The van der Waals surface area contributed by atoms with E-state index in [1.165, 1.54) is 0 Å². The number of aliphatic hydroxyl groups is 1. The lowest BCUT2D eigenvalue weighted by molar-refractivity contribution is -0.147. The van der Waals surface area contributed by atoms with Crippen LogP contribution in [0.2, 0.25) is 0 Å². The van der Waals surface area contributed by atoms with Crippen LogP contribution in [0.25, 0.3) is 0 Å². The van der Waals surface area contributed by atoms with Gasteiger partial charge in [0.2, 0.25) is 0 Å².